The first-order valence-corrected chi connectivity index (χ1v) is 9.23. The van der Waals surface area contributed by atoms with E-state index >= 15 is 0 Å². The van der Waals surface area contributed by atoms with E-state index in [-0.39, 0.29) is 5.60 Å². The zero-order valence-corrected chi connectivity index (χ0v) is 15.2. The van der Waals surface area contributed by atoms with Crippen molar-refractivity contribution in [2.75, 3.05) is 44.8 Å². The first kappa shape index (κ1) is 17.5. The lowest BCUT2D eigenvalue weighted by Crippen LogP contribution is -2.43. The second kappa shape index (κ2) is 7.73. The van der Waals surface area contributed by atoms with Gasteiger partial charge in [-0.15, -0.1) is 5.10 Å². The van der Waals surface area contributed by atoms with Gasteiger partial charge in [0.05, 0.1) is 19.8 Å². The summed E-state index contributed by atoms with van der Waals surface area (Å²) in [7, 11) is 0. The van der Waals surface area contributed by atoms with Crippen LogP contribution in [0.25, 0.3) is 0 Å². The average Bonchev–Trinajstić information content (AvgIpc) is 3.18. The molecule has 0 saturated carbocycles. The standard InChI is InChI=1S/C19H26N4O3/c1-15-21-22-18(26-15)20-10-17-9-19(25-12-17)13-23(7-8-24-14-19)11-16-5-3-2-4-6-16/h2-6,17H,7-14H2,1H3,(H,20,22)/t17-,19+/m1/s1. The van der Waals surface area contributed by atoms with Crippen molar-refractivity contribution in [1.82, 2.24) is 15.1 Å². The summed E-state index contributed by atoms with van der Waals surface area (Å²) in [6.07, 6.45) is 0.971. The Morgan fingerprint density at radius 1 is 1.27 bits per heavy atom. The molecule has 1 spiro atoms. The number of nitrogens with one attached hydrogen (secondary N) is 1. The van der Waals surface area contributed by atoms with E-state index in [4.69, 9.17) is 13.9 Å². The molecule has 7 heteroatoms. The number of nitrogens with zero attached hydrogens (tertiary/aromatic N) is 3. The lowest BCUT2D eigenvalue weighted by atomic mass is 9.94. The van der Waals surface area contributed by atoms with Gasteiger partial charge in [-0.2, -0.15) is 0 Å². The van der Waals surface area contributed by atoms with Crippen LogP contribution < -0.4 is 5.32 Å². The Balaban J connectivity index is 1.34. The molecule has 0 radical (unpaired) electrons. The van der Waals surface area contributed by atoms with Crippen molar-refractivity contribution in [3.8, 4) is 0 Å². The summed E-state index contributed by atoms with van der Waals surface area (Å²) < 4.78 is 17.5. The quantitative estimate of drug-likeness (QED) is 0.877. The Kier molecular flexibility index (Phi) is 5.19. The Morgan fingerprint density at radius 2 is 2.15 bits per heavy atom. The van der Waals surface area contributed by atoms with Crippen LogP contribution in [0.5, 0.6) is 0 Å². The molecule has 2 fully saturated rings. The van der Waals surface area contributed by atoms with Crippen LogP contribution in [0, 0.1) is 12.8 Å². The number of rotatable bonds is 5. The third kappa shape index (κ3) is 4.23. The third-order valence-corrected chi connectivity index (χ3v) is 5.03. The van der Waals surface area contributed by atoms with Gasteiger partial charge in [-0.1, -0.05) is 35.4 Å². The van der Waals surface area contributed by atoms with Crippen LogP contribution in [0.3, 0.4) is 0 Å². The van der Waals surface area contributed by atoms with Gasteiger partial charge in [0.1, 0.15) is 5.60 Å². The topological polar surface area (TPSA) is 72.7 Å². The molecule has 2 aliphatic heterocycles. The van der Waals surface area contributed by atoms with Gasteiger partial charge in [0.2, 0.25) is 5.89 Å². The Morgan fingerprint density at radius 3 is 2.96 bits per heavy atom. The zero-order valence-electron chi connectivity index (χ0n) is 15.2. The van der Waals surface area contributed by atoms with Crippen molar-refractivity contribution in [1.29, 1.82) is 0 Å². The SMILES string of the molecule is Cc1nnc(NC[C@@H]2CO[C@@]3(COCCN(Cc4ccccc4)C3)C2)o1. The number of hydrogen-bond donors (Lipinski definition) is 1. The molecule has 0 bridgehead atoms. The van der Waals surface area contributed by atoms with Crippen LogP contribution in [0.1, 0.15) is 17.9 Å². The molecule has 2 aromatic rings. The summed E-state index contributed by atoms with van der Waals surface area (Å²) in [5, 5.41) is 11.0. The van der Waals surface area contributed by atoms with E-state index in [1.165, 1.54) is 5.56 Å². The molecule has 2 saturated heterocycles. The predicted octanol–water partition coefficient (Wildman–Crippen LogP) is 2.10. The summed E-state index contributed by atoms with van der Waals surface area (Å²) >= 11 is 0. The zero-order chi connectivity index (χ0) is 17.8. The van der Waals surface area contributed by atoms with Crippen LogP contribution in [0.2, 0.25) is 0 Å². The maximum absolute atomic E-state index is 6.26. The Labute approximate surface area is 153 Å². The minimum absolute atomic E-state index is 0.220. The molecule has 140 valence electrons. The maximum atomic E-state index is 6.26. The van der Waals surface area contributed by atoms with Crippen molar-refractivity contribution in [3.05, 3.63) is 41.8 Å². The fourth-order valence-corrected chi connectivity index (χ4v) is 3.84. The molecular weight excluding hydrogens is 332 g/mol. The summed E-state index contributed by atoms with van der Waals surface area (Å²) in [5.41, 5.74) is 1.11. The molecule has 2 aliphatic rings. The molecule has 1 aromatic heterocycles. The van der Waals surface area contributed by atoms with E-state index in [1.54, 1.807) is 6.92 Å². The summed E-state index contributed by atoms with van der Waals surface area (Å²) in [5.74, 6) is 0.975. The minimum Gasteiger partial charge on any atom is -0.408 e. The fourth-order valence-electron chi connectivity index (χ4n) is 3.84. The van der Waals surface area contributed by atoms with E-state index in [1.807, 2.05) is 0 Å². The second-order valence-electron chi connectivity index (χ2n) is 7.32. The Hall–Kier alpha value is -1.96. The molecular formula is C19H26N4O3. The minimum atomic E-state index is -0.220. The molecule has 0 unspecified atom stereocenters. The number of ether oxygens (including phenoxy) is 2. The van der Waals surface area contributed by atoms with Crippen molar-refractivity contribution >= 4 is 6.01 Å². The highest BCUT2D eigenvalue weighted by atomic mass is 16.5. The molecule has 2 atom stereocenters. The molecule has 0 aliphatic carbocycles. The molecule has 3 heterocycles. The van der Waals surface area contributed by atoms with E-state index in [9.17, 15) is 0 Å². The van der Waals surface area contributed by atoms with Crippen molar-refractivity contribution in [3.63, 3.8) is 0 Å². The molecule has 1 N–H and O–H groups in total. The van der Waals surface area contributed by atoms with E-state index in [0.717, 1.165) is 45.8 Å². The first-order valence-electron chi connectivity index (χ1n) is 9.23. The molecule has 26 heavy (non-hydrogen) atoms. The number of benzene rings is 1. The smallest absolute Gasteiger partial charge is 0.315 e. The molecule has 4 rings (SSSR count). The van der Waals surface area contributed by atoms with E-state index < -0.39 is 0 Å². The van der Waals surface area contributed by atoms with Gasteiger partial charge >= 0.3 is 6.01 Å². The summed E-state index contributed by atoms with van der Waals surface area (Å²) in [6, 6.07) is 11.1. The lowest BCUT2D eigenvalue weighted by molar-refractivity contribution is -0.0562. The number of aryl methyl sites for hydroxylation is 1. The van der Waals surface area contributed by atoms with Gasteiger partial charge < -0.3 is 19.2 Å². The van der Waals surface area contributed by atoms with Gasteiger partial charge in [0.25, 0.3) is 0 Å². The van der Waals surface area contributed by atoms with Crippen LogP contribution >= 0.6 is 0 Å². The second-order valence-corrected chi connectivity index (χ2v) is 7.32. The van der Waals surface area contributed by atoms with Crippen molar-refractivity contribution in [2.45, 2.75) is 25.5 Å². The third-order valence-electron chi connectivity index (χ3n) is 5.03. The van der Waals surface area contributed by atoms with Gasteiger partial charge in [-0.05, 0) is 12.0 Å². The average molecular weight is 358 g/mol. The van der Waals surface area contributed by atoms with Gasteiger partial charge in [0.15, 0.2) is 0 Å². The van der Waals surface area contributed by atoms with Gasteiger partial charge in [-0.3, -0.25) is 4.90 Å². The summed E-state index contributed by atoms with van der Waals surface area (Å²) in [6.45, 7) is 7.46. The predicted molar refractivity (Wildman–Crippen MR) is 96.9 cm³/mol. The number of aromatic nitrogens is 2. The molecule has 0 amide bonds. The van der Waals surface area contributed by atoms with Crippen LogP contribution in [0.4, 0.5) is 6.01 Å². The van der Waals surface area contributed by atoms with Crippen molar-refractivity contribution in [2.24, 2.45) is 5.92 Å². The highest BCUT2D eigenvalue weighted by molar-refractivity contribution is 5.17. The number of hydrogen-bond acceptors (Lipinski definition) is 7. The fraction of sp³-hybridized carbons (Fsp3) is 0.579. The van der Waals surface area contributed by atoms with Gasteiger partial charge in [-0.25, -0.2) is 0 Å². The van der Waals surface area contributed by atoms with Crippen molar-refractivity contribution < 1.29 is 13.9 Å². The summed E-state index contributed by atoms with van der Waals surface area (Å²) in [4.78, 5) is 2.44. The molecule has 7 nitrogen and oxygen atoms in total. The van der Waals surface area contributed by atoms with E-state index in [2.05, 4.69) is 50.7 Å². The highest BCUT2D eigenvalue weighted by Crippen LogP contribution is 2.33. The van der Waals surface area contributed by atoms with Gasteiger partial charge in [0, 0.05) is 39.0 Å². The van der Waals surface area contributed by atoms with E-state index in [0.29, 0.717) is 24.4 Å². The normalized spacial score (nSPS) is 26.9. The largest absolute Gasteiger partial charge is 0.408 e. The Bertz CT molecular complexity index is 708. The van der Waals surface area contributed by atoms with Crippen LogP contribution in [-0.2, 0) is 16.0 Å². The lowest BCUT2D eigenvalue weighted by Gasteiger charge is -2.31. The highest BCUT2D eigenvalue weighted by Gasteiger charge is 2.43. The van der Waals surface area contributed by atoms with Crippen LogP contribution in [-0.4, -0.2) is 60.2 Å². The molecule has 1 aromatic carbocycles. The van der Waals surface area contributed by atoms with Crippen LogP contribution in [0.15, 0.2) is 34.7 Å². The monoisotopic (exact) mass is 358 g/mol. The number of anilines is 1. The maximum Gasteiger partial charge on any atom is 0.315 e. The first-order chi connectivity index (χ1) is 12.7.